The lowest BCUT2D eigenvalue weighted by Crippen LogP contribution is -2.41. The Morgan fingerprint density at radius 1 is 1.00 bits per heavy atom. The van der Waals surface area contributed by atoms with Crippen molar-refractivity contribution in [3.63, 3.8) is 0 Å². The Labute approximate surface area is 140 Å². The Kier molecular flexibility index (Phi) is 7.57. The number of hydrogen-bond acceptors (Lipinski definition) is 4. The maximum atomic E-state index is 12.2. The normalized spacial score (nSPS) is 10.8. The van der Waals surface area contributed by atoms with Crippen LogP contribution < -0.4 is 4.74 Å². The highest BCUT2D eigenvalue weighted by Gasteiger charge is 2.15. The molecule has 1 rings (SSSR count). The average molecular weight is 343 g/mol. The molecule has 1 aromatic carbocycles. The van der Waals surface area contributed by atoms with Gasteiger partial charge < -0.3 is 14.5 Å². The molecule has 0 atom stereocenters. The quantitative estimate of drug-likeness (QED) is 0.713. The van der Waals surface area contributed by atoms with Crippen molar-refractivity contribution >= 4 is 11.8 Å². The fraction of sp³-hybridized carbons (Fsp3) is 0.500. The summed E-state index contributed by atoms with van der Waals surface area (Å²) in [7, 11) is 6.66. The van der Waals surface area contributed by atoms with Crippen molar-refractivity contribution < 1.29 is 23.1 Å². The molecule has 0 aromatic heterocycles. The van der Waals surface area contributed by atoms with Gasteiger partial charge in [0.25, 0.3) is 0 Å². The highest BCUT2D eigenvalue weighted by Crippen LogP contribution is 2.15. The van der Waals surface area contributed by atoms with E-state index in [1.807, 2.05) is 0 Å². The van der Waals surface area contributed by atoms with Crippen LogP contribution in [0.4, 0.5) is 8.78 Å². The maximum absolute atomic E-state index is 12.2. The predicted octanol–water partition coefficient (Wildman–Crippen LogP) is 1.27. The molecule has 0 saturated heterocycles. The molecule has 0 N–H and O–H groups in total. The molecule has 0 heterocycles. The number of nitrogens with zero attached hydrogens (tertiary/aromatic N) is 3. The van der Waals surface area contributed by atoms with Gasteiger partial charge in [0.15, 0.2) is 0 Å². The minimum atomic E-state index is -2.86. The highest BCUT2D eigenvalue weighted by atomic mass is 19.3. The molecule has 24 heavy (non-hydrogen) atoms. The monoisotopic (exact) mass is 343 g/mol. The molecule has 0 bridgehead atoms. The number of alkyl halides is 2. The molecule has 0 aliphatic rings. The van der Waals surface area contributed by atoms with E-state index >= 15 is 0 Å². The molecular weight excluding hydrogens is 320 g/mol. The number of carbonyl (C=O) groups excluding carboxylic acids is 2. The number of halogens is 2. The molecule has 0 spiro atoms. The minimum absolute atomic E-state index is 0.0738. The summed E-state index contributed by atoms with van der Waals surface area (Å²) >= 11 is 0. The summed E-state index contributed by atoms with van der Waals surface area (Å²) in [6, 6.07) is 6.12. The molecular formula is C16H23F2N3O3. The van der Waals surface area contributed by atoms with Crippen LogP contribution in [-0.4, -0.2) is 74.4 Å². The summed E-state index contributed by atoms with van der Waals surface area (Å²) in [5.74, 6) is -0.149. The first kappa shape index (κ1) is 19.8. The number of likely N-dealkylation sites (N-methyl/N-ethyl adjacent to an activating group) is 3. The van der Waals surface area contributed by atoms with Crippen molar-refractivity contribution in [1.29, 1.82) is 0 Å². The van der Waals surface area contributed by atoms with E-state index < -0.39 is 6.61 Å². The molecule has 0 fully saturated rings. The second-order valence-corrected chi connectivity index (χ2v) is 5.73. The van der Waals surface area contributed by atoms with Crippen LogP contribution >= 0.6 is 0 Å². The molecule has 8 heteroatoms. The zero-order valence-corrected chi connectivity index (χ0v) is 14.3. The molecule has 0 radical (unpaired) electrons. The average Bonchev–Trinajstić information content (AvgIpc) is 2.48. The maximum Gasteiger partial charge on any atom is 0.387 e. The van der Waals surface area contributed by atoms with Gasteiger partial charge in [-0.3, -0.25) is 14.5 Å². The van der Waals surface area contributed by atoms with E-state index in [1.165, 1.54) is 21.9 Å². The van der Waals surface area contributed by atoms with Crippen LogP contribution in [0.15, 0.2) is 24.3 Å². The Morgan fingerprint density at radius 2 is 1.54 bits per heavy atom. The Bertz CT molecular complexity index is 550. The second-order valence-electron chi connectivity index (χ2n) is 5.73. The van der Waals surface area contributed by atoms with E-state index in [-0.39, 0.29) is 30.7 Å². The van der Waals surface area contributed by atoms with Gasteiger partial charge in [0.2, 0.25) is 11.8 Å². The standard InChI is InChI=1S/C16H23F2N3O3/c1-19(2)14(22)10-20(3)11-15(23)21(4)9-12-5-7-13(8-6-12)24-16(17)18/h5-8,16H,9-11H2,1-4H3. The zero-order chi connectivity index (χ0) is 18.3. The smallest absolute Gasteiger partial charge is 0.387 e. The van der Waals surface area contributed by atoms with Crippen LogP contribution in [0.2, 0.25) is 0 Å². The fourth-order valence-electron chi connectivity index (χ4n) is 1.92. The largest absolute Gasteiger partial charge is 0.435 e. The van der Waals surface area contributed by atoms with E-state index in [1.54, 1.807) is 45.2 Å². The van der Waals surface area contributed by atoms with Crippen molar-refractivity contribution in [2.45, 2.75) is 13.2 Å². The van der Waals surface area contributed by atoms with Crippen LogP contribution in [0.1, 0.15) is 5.56 Å². The van der Waals surface area contributed by atoms with Crippen molar-refractivity contribution in [2.75, 3.05) is 41.3 Å². The SMILES string of the molecule is CN(CC(=O)N(C)C)CC(=O)N(C)Cc1ccc(OC(F)F)cc1. The molecule has 0 aliphatic heterocycles. The molecule has 0 aliphatic carbocycles. The van der Waals surface area contributed by atoms with Crippen LogP contribution in [0.3, 0.4) is 0 Å². The molecule has 1 aromatic rings. The van der Waals surface area contributed by atoms with Gasteiger partial charge in [0, 0.05) is 27.7 Å². The Balaban J connectivity index is 2.50. The predicted molar refractivity (Wildman–Crippen MR) is 85.7 cm³/mol. The molecule has 0 saturated carbocycles. The Morgan fingerprint density at radius 3 is 2.04 bits per heavy atom. The number of amides is 2. The van der Waals surface area contributed by atoms with Crippen LogP contribution in [-0.2, 0) is 16.1 Å². The lowest BCUT2D eigenvalue weighted by Gasteiger charge is -2.22. The minimum Gasteiger partial charge on any atom is -0.435 e. The van der Waals surface area contributed by atoms with Gasteiger partial charge in [0.1, 0.15) is 5.75 Å². The van der Waals surface area contributed by atoms with Crippen LogP contribution in [0.5, 0.6) is 5.75 Å². The molecule has 2 amide bonds. The summed E-state index contributed by atoms with van der Waals surface area (Å²) < 4.78 is 28.5. The lowest BCUT2D eigenvalue weighted by atomic mass is 10.2. The van der Waals surface area contributed by atoms with Gasteiger partial charge >= 0.3 is 6.61 Å². The van der Waals surface area contributed by atoms with Gasteiger partial charge in [-0.05, 0) is 24.7 Å². The van der Waals surface area contributed by atoms with E-state index in [9.17, 15) is 18.4 Å². The van der Waals surface area contributed by atoms with Gasteiger partial charge in [-0.2, -0.15) is 8.78 Å². The second kappa shape index (κ2) is 9.17. The first-order valence-corrected chi connectivity index (χ1v) is 7.35. The van der Waals surface area contributed by atoms with Crippen molar-refractivity contribution in [2.24, 2.45) is 0 Å². The zero-order valence-electron chi connectivity index (χ0n) is 14.3. The number of carbonyl (C=O) groups is 2. The first-order chi connectivity index (χ1) is 11.2. The summed E-state index contributed by atoms with van der Waals surface area (Å²) in [6.45, 7) is -2.25. The van der Waals surface area contributed by atoms with Crippen molar-refractivity contribution in [3.8, 4) is 5.75 Å². The number of hydrogen-bond donors (Lipinski definition) is 0. The number of benzene rings is 1. The molecule has 0 unspecified atom stereocenters. The van der Waals surface area contributed by atoms with Gasteiger partial charge in [-0.1, -0.05) is 12.1 Å². The van der Waals surface area contributed by atoms with Crippen LogP contribution in [0, 0.1) is 0 Å². The van der Waals surface area contributed by atoms with E-state index in [2.05, 4.69) is 4.74 Å². The number of ether oxygens (including phenoxy) is 1. The summed E-state index contributed by atoms with van der Waals surface area (Å²) in [5.41, 5.74) is 0.791. The molecule has 6 nitrogen and oxygen atoms in total. The van der Waals surface area contributed by atoms with Crippen LogP contribution in [0.25, 0.3) is 0 Å². The third-order valence-electron chi connectivity index (χ3n) is 3.30. The van der Waals surface area contributed by atoms with Gasteiger partial charge in [-0.15, -0.1) is 0 Å². The first-order valence-electron chi connectivity index (χ1n) is 7.35. The summed E-state index contributed by atoms with van der Waals surface area (Å²) in [5, 5.41) is 0. The van der Waals surface area contributed by atoms with E-state index in [0.717, 1.165) is 5.56 Å². The number of rotatable bonds is 8. The van der Waals surface area contributed by atoms with Gasteiger partial charge in [-0.25, -0.2) is 0 Å². The third kappa shape index (κ3) is 6.91. The van der Waals surface area contributed by atoms with Crippen molar-refractivity contribution in [1.82, 2.24) is 14.7 Å². The third-order valence-corrected chi connectivity index (χ3v) is 3.30. The van der Waals surface area contributed by atoms with E-state index in [4.69, 9.17) is 0 Å². The lowest BCUT2D eigenvalue weighted by molar-refractivity contribution is -0.133. The Hall–Kier alpha value is -2.22. The van der Waals surface area contributed by atoms with Gasteiger partial charge in [0.05, 0.1) is 13.1 Å². The summed E-state index contributed by atoms with van der Waals surface area (Å²) in [4.78, 5) is 28.4. The summed E-state index contributed by atoms with van der Waals surface area (Å²) in [6.07, 6.45) is 0. The van der Waals surface area contributed by atoms with Crippen molar-refractivity contribution in [3.05, 3.63) is 29.8 Å². The highest BCUT2D eigenvalue weighted by molar-refractivity contribution is 5.80. The molecule has 134 valence electrons. The fourth-order valence-corrected chi connectivity index (χ4v) is 1.92. The topological polar surface area (TPSA) is 53.1 Å². The van der Waals surface area contributed by atoms with E-state index in [0.29, 0.717) is 6.54 Å².